The molecule has 0 aliphatic carbocycles. The fourth-order valence-corrected chi connectivity index (χ4v) is 3.24. The van der Waals surface area contributed by atoms with E-state index in [2.05, 4.69) is 20.9 Å². The molecule has 2 rings (SSSR count). The Morgan fingerprint density at radius 2 is 2.16 bits per heavy atom. The predicted octanol–water partition coefficient (Wildman–Crippen LogP) is 4.06. The van der Waals surface area contributed by atoms with Crippen LogP contribution in [0.25, 0.3) is 0 Å². The lowest BCUT2D eigenvalue weighted by Crippen LogP contribution is -2.05. The number of hydrogen-bond acceptors (Lipinski definition) is 3. The highest BCUT2D eigenvalue weighted by Crippen LogP contribution is 2.24. The molecule has 3 nitrogen and oxygen atoms in total. The molecular formula is C14H16BrNO2S. The van der Waals surface area contributed by atoms with Crippen molar-refractivity contribution in [2.45, 2.75) is 31.8 Å². The van der Waals surface area contributed by atoms with Crippen LogP contribution < -0.4 is 0 Å². The summed E-state index contributed by atoms with van der Waals surface area (Å²) in [7, 11) is -1.05. The van der Waals surface area contributed by atoms with Crippen LogP contribution in [0.2, 0.25) is 0 Å². The molecule has 1 aromatic carbocycles. The topological polar surface area (TPSA) is 43.1 Å². The zero-order valence-electron chi connectivity index (χ0n) is 11.1. The number of oxazole rings is 1. The van der Waals surface area contributed by atoms with Crippen molar-refractivity contribution in [3.63, 3.8) is 0 Å². The molecule has 0 unspecified atom stereocenters. The van der Waals surface area contributed by atoms with Crippen LogP contribution in [0, 0.1) is 13.8 Å². The zero-order valence-corrected chi connectivity index (χ0v) is 13.5. The van der Waals surface area contributed by atoms with E-state index < -0.39 is 10.8 Å². The molecule has 19 heavy (non-hydrogen) atoms. The molecule has 0 bridgehead atoms. The van der Waals surface area contributed by atoms with Gasteiger partial charge in [-0.15, -0.1) is 0 Å². The summed E-state index contributed by atoms with van der Waals surface area (Å²) in [6.07, 6.45) is 0. The maximum absolute atomic E-state index is 12.3. The minimum absolute atomic E-state index is 0.0509. The monoisotopic (exact) mass is 341 g/mol. The average Bonchev–Trinajstić information content (AvgIpc) is 2.67. The van der Waals surface area contributed by atoms with Crippen LogP contribution in [-0.2, 0) is 16.6 Å². The number of aromatic nitrogens is 1. The Hall–Kier alpha value is -0.940. The molecule has 2 atom stereocenters. The van der Waals surface area contributed by atoms with Gasteiger partial charge in [-0.05, 0) is 38.5 Å². The third kappa shape index (κ3) is 3.54. The van der Waals surface area contributed by atoms with E-state index in [4.69, 9.17) is 4.42 Å². The Labute approximate surface area is 124 Å². The van der Waals surface area contributed by atoms with Crippen molar-refractivity contribution in [2.75, 3.05) is 0 Å². The maximum atomic E-state index is 12.3. The molecule has 0 aliphatic heterocycles. The summed E-state index contributed by atoms with van der Waals surface area (Å²) in [4.78, 5) is 4.27. The summed E-state index contributed by atoms with van der Waals surface area (Å²) in [5.74, 6) is 1.69. The molecule has 0 amide bonds. The molecule has 0 radical (unpaired) electrons. The van der Waals surface area contributed by atoms with Crippen molar-refractivity contribution in [2.24, 2.45) is 0 Å². The van der Waals surface area contributed by atoms with Crippen molar-refractivity contribution in [3.8, 4) is 0 Å². The van der Waals surface area contributed by atoms with Gasteiger partial charge in [0.25, 0.3) is 0 Å². The minimum Gasteiger partial charge on any atom is -0.445 e. The van der Waals surface area contributed by atoms with Crippen molar-refractivity contribution in [1.29, 1.82) is 0 Å². The van der Waals surface area contributed by atoms with Gasteiger partial charge < -0.3 is 4.42 Å². The van der Waals surface area contributed by atoms with E-state index in [1.165, 1.54) is 0 Å². The van der Waals surface area contributed by atoms with E-state index in [0.717, 1.165) is 21.5 Å². The highest BCUT2D eigenvalue weighted by Gasteiger charge is 2.17. The standard InChI is InChI=1S/C14H16BrNO2S/c1-9-10(2)18-14(16-9)8-19(17)11(3)12-5-4-6-13(15)7-12/h4-7,11H,8H2,1-3H3/t11-,19+/m0/s1. The van der Waals surface area contributed by atoms with Gasteiger partial charge in [0.1, 0.15) is 11.5 Å². The predicted molar refractivity (Wildman–Crippen MR) is 80.4 cm³/mol. The number of halogens is 1. The van der Waals surface area contributed by atoms with Gasteiger partial charge in [0, 0.05) is 15.3 Å². The Bertz CT molecular complexity index is 590. The third-order valence-electron chi connectivity index (χ3n) is 3.05. The quantitative estimate of drug-likeness (QED) is 0.841. The number of rotatable bonds is 4. The van der Waals surface area contributed by atoms with Gasteiger partial charge in [-0.25, -0.2) is 4.98 Å². The molecule has 5 heteroatoms. The molecule has 0 saturated heterocycles. The maximum Gasteiger partial charge on any atom is 0.207 e. The largest absolute Gasteiger partial charge is 0.445 e. The van der Waals surface area contributed by atoms with Crippen LogP contribution in [0.1, 0.15) is 35.1 Å². The molecule has 0 aliphatic rings. The normalized spacial score (nSPS) is 14.3. The van der Waals surface area contributed by atoms with E-state index in [9.17, 15) is 4.21 Å². The van der Waals surface area contributed by atoms with E-state index in [1.807, 2.05) is 45.0 Å². The summed E-state index contributed by atoms with van der Waals surface area (Å²) in [6, 6.07) is 7.89. The van der Waals surface area contributed by atoms with Crippen LogP contribution in [0.5, 0.6) is 0 Å². The molecule has 0 N–H and O–H groups in total. The lowest BCUT2D eigenvalue weighted by atomic mass is 10.2. The van der Waals surface area contributed by atoms with Gasteiger partial charge in [0.2, 0.25) is 5.89 Å². The second-order valence-corrected chi connectivity index (χ2v) is 7.14. The average molecular weight is 342 g/mol. The first kappa shape index (κ1) is 14.5. The van der Waals surface area contributed by atoms with Crippen LogP contribution >= 0.6 is 15.9 Å². The molecular weight excluding hydrogens is 326 g/mol. The van der Waals surface area contributed by atoms with Crippen molar-refractivity contribution < 1.29 is 8.63 Å². The van der Waals surface area contributed by atoms with E-state index >= 15 is 0 Å². The van der Waals surface area contributed by atoms with Gasteiger partial charge in [0.05, 0.1) is 10.9 Å². The highest BCUT2D eigenvalue weighted by atomic mass is 79.9. The fourth-order valence-electron chi connectivity index (χ4n) is 1.76. The Balaban J connectivity index is 2.11. The summed E-state index contributed by atoms with van der Waals surface area (Å²) in [6.45, 7) is 5.72. The Morgan fingerprint density at radius 1 is 1.42 bits per heavy atom. The minimum atomic E-state index is -1.05. The smallest absolute Gasteiger partial charge is 0.207 e. The van der Waals surface area contributed by atoms with Gasteiger partial charge in [0.15, 0.2) is 0 Å². The molecule has 2 aromatic rings. The number of benzene rings is 1. The summed E-state index contributed by atoms with van der Waals surface area (Å²) in [5, 5.41) is -0.0509. The number of aryl methyl sites for hydroxylation is 2. The second-order valence-electron chi connectivity index (χ2n) is 4.47. The van der Waals surface area contributed by atoms with Crippen LogP contribution in [-0.4, -0.2) is 9.19 Å². The Morgan fingerprint density at radius 3 is 2.74 bits per heavy atom. The third-order valence-corrected chi connectivity index (χ3v) is 5.14. The zero-order chi connectivity index (χ0) is 14.0. The first-order valence-corrected chi connectivity index (χ1v) is 8.20. The molecule has 102 valence electrons. The summed E-state index contributed by atoms with van der Waals surface area (Å²) in [5.41, 5.74) is 1.91. The van der Waals surface area contributed by atoms with Gasteiger partial charge >= 0.3 is 0 Å². The highest BCUT2D eigenvalue weighted by molar-refractivity contribution is 9.10. The lowest BCUT2D eigenvalue weighted by molar-refractivity contribution is 0.487. The fraction of sp³-hybridized carbons (Fsp3) is 0.357. The molecule has 0 spiro atoms. The van der Waals surface area contributed by atoms with Gasteiger partial charge in [-0.3, -0.25) is 4.21 Å². The van der Waals surface area contributed by atoms with Gasteiger partial charge in [-0.2, -0.15) is 0 Å². The number of nitrogens with zero attached hydrogens (tertiary/aromatic N) is 1. The Kier molecular flexibility index (Phi) is 4.58. The van der Waals surface area contributed by atoms with Crippen molar-refractivity contribution in [3.05, 3.63) is 51.6 Å². The van der Waals surface area contributed by atoms with Crippen molar-refractivity contribution >= 4 is 26.7 Å². The van der Waals surface area contributed by atoms with E-state index in [0.29, 0.717) is 11.6 Å². The second kappa shape index (κ2) is 6.01. The van der Waals surface area contributed by atoms with Crippen LogP contribution in [0.3, 0.4) is 0 Å². The SMILES string of the molecule is Cc1nc(C[S@@](=O)[C@@H](C)c2cccc(Br)c2)oc1C. The van der Waals surface area contributed by atoms with Crippen LogP contribution in [0.4, 0.5) is 0 Å². The van der Waals surface area contributed by atoms with Gasteiger partial charge in [-0.1, -0.05) is 28.1 Å². The van der Waals surface area contributed by atoms with E-state index in [1.54, 1.807) is 0 Å². The molecule has 1 aromatic heterocycles. The molecule has 0 fully saturated rings. The first-order chi connectivity index (χ1) is 8.97. The number of hydrogen-bond donors (Lipinski definition) is 0. The van der Waals surface area contributed by atoms with E-state index in [-0.39, 0.29) is 5.25 Å². The van der Waals surface area contributed by atoms with Crippen LogP contribution in [0.15, 0.2) is 33.2 Å². The van der Waals surface area contributed by atoms with Crippen molar-refractivity contribution in [1.82, 2.24) is 4.98 Å². The molecule has 0 saturated carbocycles. The summed E-state index contributed by atoms with van der Waals surface area (Å²) < 4.78 is 18.8. The first-order valence-electron chi connectivity index (χ1n) is 6.03. The summed E-state index contributed by atoms with van der Waals surface area (Å²) >= 11 is 3.43. The lowest BCUT2D eigenvalue weighted by Gasteiger charge is -2.10. The molecule has 1 heterocycles.